The maximum Gasteiger partial charge on any atom is 0.0594 e. The van der Waals surface area contributed by atoms with Gasteiger partial charge in [-0.3, -0.25) is 4.90 Å². The second-order valence-electron chi connectivity index (χ2n) is 4.25. The Bertz CT molecular complexity index is 145. The Morgan fingerprint density at radius 1 is 1.21 bits per heavy atom. The summed E-state index contributed by atoms with van der Waals surface area (Å²) in [5.74, 6) is 0.997. The summed E-state index contributed by atoms with van der Waals surface area (Å²) in [6.07, 6.45) is 2.45. The van der Waals surface area contributed by atoms with Crippen LogP contribution in [0.5, 0.6) is 0 Å². The third-order valence-corrected chi connectivity index (χ3v) is 4.17. The maximum absolute atomic E-state index is 5.35. The second-order valence-corrected chi connectivity index (χ2v) is 4.57. The van der Waals surface area contributed by atoms with E-state index in [2.05, 4.69) is 31.4 Å². The van der Waals surface area contributed by atoms with E-state index < -0.39 is 0 Å². The van der Waals surface area contributed by atoms with E-state index in [4.69, 9.17) is 4.74 Å². The van der Waals surface area contributed by atoms with Gasteiger partial charge in [0, 0.05) is 19.6 Å². The number of thiol groups is 1. The van der Waals surface area contributed by atoms with Gasteiger partial charge in [0.2, 0.25) is 0 Å². The summed E-state index contributed by atoms with van der Waals surface area (Å²) < 4.78 is 5.35. The monoisotopic (exact) mass is 217 g/mol. The highest BCUT2D eigenvalue weighted by molar-refractivity contribution is 7.80. The van der Waals surface area contributed by atoms with Crippen molar-refractivity contribution in [2.24, 2.45) is 5.41 Å². The van der Waals surface area contributed by atoms with Crippen LogP contribution in [0.25, 0.3) is 0 Å². The molecule has 0 unspecified atom stereocenters. The molecule has 1 fully saturated rings. The van der Waals surface area contributed by atoms with E-state index in [0.29, 0.717) is 5.41 Å². The lowest BCUT2D eigenvalue weighted by molar-refractivity contribution is 0.0180. The summed E-state index contributed by atoms with van der Waals surface area (Å²) in [6, 6.07) is 0. The lowest BCUT2D eigenvalue weighted by Gasteiger charge is -2.37. The molecule has 1 heterocycles. The number of nitrogens with zero attached hydrogens (tertiary/aromatic N) is 1. The van der Waals surface area contributed by atoms with Gasteiger partial charge in [0.05, 0.1) is 13.2 Å². The van der Waals surface area contributed by atoms with Crippen molar-refractivity contribution in [3.8, 4) is 0 Å². The maximum atomic E-state index is 5.35. The fraction of sp³-hybridized carbons (Fsp3) is 1.00. The van der Waals surface area contributed by atoms with Crippen molar-refractivity contribution in [2.45, 2.75) is 26.7 Å². The van der Waals surface area contributed by atoms with Crippen LogP contribution in [0.2, 0.25) is 0 Å². The third-order valence-electron chi connectivity index (χ3n) is 3.50. The summed E-state index contributed by atoms with van der Waals surface area (Å²) in [4.78, 5) is 2.52. The summed E-state index contributed by atoms with van der Waals surface area (Å²) in [5, 5.41) is 0. The van der Waals surface area contributed by atoms with Crippen LogP contribution in [-0.4, -0.2) is 43.5 Å². The van der Waals surface area contributed by atoms with Gasteiger partial charge in [-0.05, 0) is 24.0 Å². The Kier molecular flexibility index (Phi) is 5.28. The molecule has 1 aliphatic rings. The zero-order valence-corrected chi connectivity index (χ0v) is 10.4. The van der Waals surface area contributed by atoms with Crippen LogP contribution in [-0.2, 0) is 4.74 Å². The molecule has 3 heteroatoms. The van der Waals surface area contributed by atoms with Crippen LogP contribution < -0.4 is 0 Å². The smallest absolute Gasteiger partial charge is 0.0594 e. The average Bonchev–Trinajstić information content (AvgIpc) is 2.28. The largest absolute Gasteiger partial charge is 0.379 e. The molecule has 14 heavy (non-hydrogen) atoms. The van der Waals surface area contributed by atoms with Crippen molar-refractivity contribution >= 4 is 12.6 Å². The fourth-order valence-electron chi connectivity index (χ4n) is 1.98. The Morgan fingerprint density at radius 3 is 2.21 bits per heavy atom. The first-order chi connectivity index (χ1) is 6.76. The number of hydrogen-bond acceptors (Lipinski definition) is 3. The summed E-state index contributed by atoms with van der Waals surface area (Å²) in [7, 11) is 0. The zero-order chi connectivity index (χ0) is 10.4. The van der Waals surface area contributed by atoms with Gasteiger partial charge in [-0.2, -0.15) is 12.6 Å². The minimum Gasteiger partial charge on any atom is -0.379 e. The lowest BCUT2D eigenvalue weighted by Crippen LogP contribution is -2.44. The molecule has 0 N–H and O–H groups in total. The normalized spacial score (nSPS) is 19.9. The molecule has 0 aromatic heterocycles. The Morgan fingerprint density at radius 2 is 1.79 bits per heavy atom. The lowest BCUT2D eigenvalue weighted by atomic mass is 9.84. The van der Waals surface area contributed by atoms with E-state index in [9.17, 15) is 0 Å². The quantitative estimate of drug-likeness (QED) is 0.708. The van der Waals surface area contributed by atoms with Gasteiger partial charge in [0.25, 0.3) is 0 Å². The summed E-state index contributed by atoms with van der Waals surface area (Å²) in [5.41, 5.74) is 0.417. The van der Waals surface area contributed by atoms with Gasteiger partial charge in [-0.15, -0.1) is 0 Å². The number of ether oxygens (including phenoxy) is 1. The van der Waals surface area contributed by atoms with E-state index in [1.807, 2.05) is 0 Å². The Balaban J connectivity index is 2.44. The minimum absolute atomic E-state index is 0.417. The van der Waals surface area contributed by atoms with Crippen molar-refractivity contribution in [1.82, 2.24) is 4.90 Å². The van der Waals surface area contributed by atoms with E-state index in [0.717, 1.165) is 32.1 Å². The first-order valence-electron chi connectivity index (χ1n) is 5.67. The zero-order valence-electron chi connectivity index (χ0n) is 9.46. The van der Waals surface area contributed by atoms with Gasteiger partial charge >= 0.3 is 0 Å². The Hall–Kier alpha value is 0.270. The molecule has 0 spiro atoms. The number of morpholine rings is 1. The number of rotatable bonds is 5. The fourth-order valence-corrected chi connectivity index (χ4v) is 2.53. The average molecular weight is 217 g/mol. The SMILES string of the molecule is CCC(CC)(CS)CN1CCOCC1. The topological polar surface area (TPSA) is 12.5 Å². The van der Waals surface area contributed by atoms with Gasteiger partial charge < -0.3 is 4.74 Å². The van der Waals surface area contributed by atoms with Crippen molar-refractivity contribution in [3.05, 3.63) is 0 Å². The highest BCUT2D eigenvalue weighted by Crippen LogP contribution is 2.29. The molecule has 0 bridgehead atoms. The van der Waals surface area contributed by atoms with Crippen molar-refractivity contribution < 1.29 is 4.74 Å². The number of hydrogen-bond donors (Lipinski definition) is 1. The molecule has 0 atom stereocenters. The van der Waals surface area contributed by atoms with Crippen LogP contribution in [0.4, 0.5) is 0 Å². The summed E-state index contributed by atoms with van der Waals surface area (Å²) in [6.45, 7) is 9.73. The molecule has 0 aliphatic carbocycles. The van der Waals surface area contributed by atoms with Crippen LogP contribution >= 0.6 is 12.6 Å². The molecule has 2 nitrogen and oxygen atoms in total. The van der Waals surface area contributed by atoms with Crippen LogP contribution in [0.15, 0.2) is 0 Å². The predicted octanol–water partition coefficient (Wildman–Crippen LogP) is 2.05. The van der Waals surface area contributed by atoms with Crippen molar-refractivity contribution in [2.75, 3.05) is 38.6 Å². The highest BCUT2D eigenvalue weighted by atomic mass is 32.1. The van der Waals surface area contributed by atoms with Crippen LogP contribution in [0.3, 0.4) is 0 Å². The van der Waals surface area contributed by atoms with Gasteiger partial charge in [0.1, 0.15) is 0 Å². The first kappa shape index (κ1) is 12.3. The molecule has 0 amide bonds. The van der Waals surface area contributed by atoms with E-state index >= 15 is 0 Å². The minimum atomic E-state index is 0.417. The van der Waals surface area contributed by atoms with Gasteiger partial charge in [-0.25, -0.2) is 0 Å². The summed E-state index contributed by atoms with van der Waals surface area (Å²) >= 11 is 4.50. The van der Waals surface area contributed by atoms with Crippen molar-refractivity contribution in [3.63, 3.8) is 0 Å². The Labute approximate surface area is 93.4 Å². The van der Waals surface area contributed by atoms with E-state index in [-0.39, 0.29) is 0 Å². The predicted molar refractivity (Wildman–Crippen MR) is 64.1 cm³/mol. The van der Waals surface area contributed by atoms with Crippen LogP contribution in [0, 0.1) is 5.41 Å². The standard InChI is InChI=1S/C11H23NOS/c1-3-11(4-2,10-14)9-12-5-7-13-8-6-12/h14H,3-10H2,1-2H3. The molecular weight excluding hydrogens is 194 g/mol. The first-order valence-corrected chi connectivity index (χ1v) is 6.30. The van der Waals surface area contributed by atoms with E-state index in [1.54, 1.807) is 0 Å². The van der Waals surface area contributed by atoms with Crippen LogP contribution in [0.1, 0.15) is 26.7 Å². The van der Waals surface area contributed by atoms with Gasteiger partial charge in [0.15, 0.2) is 0 Å². The molecule has 1 rings (SSSR count). The molecule has 0 aromatic carbocycles. The molecule has 0 saturated carbocycles. The molecule has 0 aromatic rings. The third kappa shape index (κ3) is 3.14. The van der Waals surface area contributed by atoms with Gasteiger partial charge in [-0.1, -0.05) is 13.8 Å². The molecule has 1 aliphatic heterocycles. The van der Waals surface area contributed by atoms with E-state index in [1.165, 1.54) is 19.4 Å². The molecule has 84 valence electrons. The highest BCUT2D eigenvalue weighted by Gasteiger charge is 2.27. The second kappa shape index (κ2) is 5.99. The molecular formula is C11H23NOS. The van der Waals surface area contributed by atoms with Crippen molar-refractivity contribution in [1.29, 1.82) is 0 Å². The molecule has 0 radical (unpaired) electrons. The molecule has 1 saturated heterocycles.